The van der Waals surface area contributed by atoms with E-state index in [1.165, 1.54) is 0 Å². The van der Waals surface area contributed by atoms with Crippen LogP contribution < -0.4 is 5.73 Å². The maximum Gasteiger partial charge on any atom is 0.244 e. The quantitative estimate of drug-likeness (QED) is 0.876. The average Bonchev–Trinajstić information content (AvgIpc) is 2.64. The predicted octanol–water partition coefficient (Wildman–Crippen LogP) is 2.46. The van der Waals surface area contributed by atoms with Crippen LogP contribution in [-0.4, -0.2) is 17.3 Å². The van der Waals surface area contributed by atoms with Crippen molar-refractivity contribution in [1.29, 1.82) is 0 Å². The third-order valence-electron chi connectivity index (χ3n) is 2.77. The van der Waals surface area contributed by atoms with Crippen LogP contribution in [0.2, 0.25) is 0 Å². The Morgan fingerprint density at radius 1 is 1.29 bits per heavy atom. The van der Waals surface area contributed by atoms with Gasteiger partial charge in [-0.2, -0.15) is 4.98 Å². The van der Waals surface area contributed by atoms with Gasteiger partial charge in [-0.05, 0) is 11.3 Å². The van der Waals surface area contributed by atoms with Gasteiger partial charge in [-0.1, -0.05) is 39.8 Å². The standard InChI is InChI=1S/C12H23N3O2/c1-7(2)8(16-6)10-14-11(17-15-10)9(13)12(3,4)5/h7-9H,13H2,1-6H3/t8?,9-/m1/s1. The first-order valence-electron chi connectivity index (χ1n) is 5.89. The van der Waals surface area contributed by atoms with E-state index >= 15 is 0 Å². The molecule has 1 heterocycles. The Hall–Kier alpha value is -0.940. The maximum atomic E-state index is 6.07. The molecule has 5 nitrogen and oxygen atoms in total. The van der Waals surface area contributed by atoms with Crippen LogP contribution in [0, 0.1) is 11.3 Å². The van der Waals surface area contributed by atoms with Gasteiger partial charge < -0.3 is 15.0 Å². The van der Waals surface area contributed by atoms with Crippen molar-refractivity contribution in [2.75, 3.05) is 7.11 Å². The molecular weight excluding hydrogens is 218 g/mol. The summed E-state index contributed by atoms with van der Waals surface area (Å²) in [7, 11) is 1.64. The van der Waals surface area contributed by atoms with E-state index in [4.69, 9.17) is 15.0 Å². The van der Waals surface area contributed by atoms with Crippen molar-refractivity contribution in [3.05, 3.63) is 11.7 Å². The second-order valence-electron chi connectivity index (χ2n) is 5.73. The van der Waals surface area contributed by atoms with Gasteiger partial charge in [0.05, 0.1) is 6.04 Å². The largest absolute Gasteiger partial charge is 0.373 e. The first-order valence-corrected chi connectivity index (χ1v) is 5.89. The van der Waals surface area contributed by atoms with Crippen molar-refractivity contribution in [1.82, 2.24) is 10.1 Å². The Morgan fingerprint density at radius 2 is 1.88 bits per heavy atom. The SMILES string of the molecule is COC(c1noc([C@@H](N)C(C)(C)C)n1)C(C)C. The van der Waals surface area contributed by atoms with Crippen LogP contribution in [0.1, 0.15) is 58.5 Å². The van der Waals surface area contributed by atoms with Crippen LogP contribution in [0.5, 0.6) is 0 Å². The molecule has 0 radical (unpaired) electrons. The third-order valence-corrected chi connectivity index (χ3v) is 2.77. The molecule has 0 aliphatic heterocycles. The molecule has 0 amide bonds. The molecule has 2 atom stereocenters. The minimum Gasteiger partial charge on any atom is -0.373 e. The monoisotopic (exact) mass is 241 g/mol. The highest BCUT2D eigenvalue weighted by Gasteiger charge is 2.29. The first kappa shape index (κ1) is 14.1. The predicted molar refractivity (Wildman–Crippen MR) is 65.3 cm³/mol. The fourth-order valence-corrected chi connectivity index (χ4v) is 1.54. The summed E-state index contributed by atoms with van der Waals surface area (Å²) in [5.41, 5.74) is 5.96. The minimum atomic E-state index is -0.270. The summed E-state index contributed by atoms with van der Waals surface area (Å²) in [4.78, 5) is 4.34. The van der Waals surface area contributed by atoms with Crippen LogP contribution >= 0.6 is 0 Å². The molecule has 0 aromatic carbocycles. The molecule has 0 fully saturated rings. The molecule has 0 bridgehead atoms. The molecule has 0 aliphatic rings. The van der Waals surface area contributed by atoms with Crippen LogP contribution in [0.3, 0.4) is 0 Å². The van der Waals surface area contributed by atoms with Crippen LogP contribution in [0.4, 0.5) is 0 Å². The highest BCUT2D eigenvalue weighted by atomic mass is 16.5. The van der Waals surface area contributed by atoms with Crippen molar-refractivity contribution in [3.63, 3.8) is 0 Å². The number of rotatable bonds is 4. The van der Waals surface area contributed by atoms with Crippen LogP contribution in [0.15, 0.2) is 4.52 Å². The van der Waals surface area contributed by atoms with Gasteiger partial charge in [-0.15, -0.1) is 0 Å². The van der Waals surface area contributed by atoms with Crippen molar-refractivity contribution in [2.24, 2.45) is 17.1 Å². The highest BCUT2D eigenvalue weighted by Crippen LogP contribution is 2.31. The molecule has 1 rings (SSSR count). The number of hydrogen-bond acceptors (Lipinski definition) is 5. The fraction of sp³-hybridized carbons (Fsp3) is 0.833. The number of nitrogens with two attached hydrogens (primary N) is 1. The summed E-state index contributed by atoms with van der Waals surface area (Å²) in [5, 5.41) is 3.95. The Balaban J connectivity index is 2.91. The second-order valence-corrected chi connectivity index (χ2v) is 5.73. The smallest absolute Gasteiger partial charge is 0.244 e. The van der Waals surface area contributed by atoms with Gasteiger partial charge in [-0.25, -0.2) is 0 Å². The summed E-state index contributed by atoms with van der Waals surface area (Å²) in [6.45, 7) is 10.2. The van der Waals surface area contributed by atoms with Crippen LogP contribution in [0.25, 0.3) is 0 Å². The van der Waals surface area contributed by atoms with E-state index in [1.807, 2.05) is 34.6 Å². The van der Waals surface area contributed by atoms with Gasteiger partial charge in [0.2, 0.25) is 11.7 Å². The zero-order valence-electron chi connectivity index (χ0n) is 11.5. The van der Waals surface area contributed by atoms with E-state index in [1.54, 1.807) is 7.11 Å². The lowest BCUT2D eigenvalue weighted by Crippen LogP contribution is -2.26. The summed E-state index contributed by atoms with van der Waals surface area (Å²) < 4.78 is 10.6. The van der Waals surface area contributed by atoms with Gasteiger partial charge >= 0.3 is 0 Å². The molecule has 2 N–H and O–H groups in total. The molecule has 1 aromatic rings. The lowest BCUT2D eigenvalue weighted by atomic mass is 9.87. The number of nitrogens with zero attached hydrogens (tertiary/aromatic N) is 2. The van der Waals surface area contributed by atoms with Gasteiger partial charge in [0.15, 0.2) is 0 Å². The first-order chi connectivity index (χ1) is 7.77. The Morgan fingerprint density at radius 3 is 2.29 bits per heavy atom. The molecular formula is C12H23N3O2. The summed E-state index contributed by atoms with van der Waals surface area (Å²) in [6.07, 6.45) is -0.153. The van der Waals surface area contributed by atoms with Gasteiger partial charge in [-0.3, -0.25) is 0 Å². The lowest BCUT2D eigenvalue weighted by Gasteiger charge is -2.23. The summed E-state index contributed by atoms with van der Waals surface area (Å²) >= 11 is 0. The Labute approximate surface area is 103 Å². The molecule has 5 heteroatoms. The molecule has 0 saturated carbocycles. The van der Waals surface area contributed by atoms with Crippen molar-refractivity contribution in [2.45, 2.75) is 46.8 Å². The lowest BCUT2D eigenvalue weighted by molar-refractivity contribution is 0.0555. The van der Waals surface area contributed by atoms with E-state index in [2.05, 4.69) is 10.1 Å². The van der Waals surface area contributed by atoms with Gasteiger partial charge in [0, 0.05) is 7.11 Å². The maximum absolute atomic E-state index is 6.07. The highest BCUT2D eigenvalue weighted by molar-refractivity contribution is 4.99. The third kappa shape index (κ3) is 3.26. The number of ether oxygens (including phenoxy) is 1. The zero-order chi connectivity index (χ0) is 13.2. The zero-order valence-corrected chi connectivity index (χ0v) is 11.5. The molecule has 0 spiro atoms. The topological polar surface area (TPSA) is 74.2 Å². The van der Waals surface area contributed by atoms with E-state index in [0.29, 0.717) is 11.7 Å². The Bertz CT molecular complexity index is 338. The van der Waals surface area contributed by atoms with Crippen molar-refractivity contribution < 1.29 is 9.26 Å². The van der Waals surface area contributed by atoms with Gasteiger partial charge in [0.25, 0.3) is 0 Å². The number of aromatic nitrogens is 2. The average molecular weight is 241 g/mol. The summed E-state index contributed by atoms with van der Waals surface area (Å²) in [6, 6.07) is -0.270. The molecule has 98 valence electrons. The molecule has 17 heavy (non-hydrogen) atoms. The van der Waals surface area contributed by atoms with Gasteiger partial charge in [0.1, 0.15) is 6.10 Å². The molecule has 1 aromatic heterocycles. The van der Waals surface area contributed by atoms with Crippen molar-refractivity contribution in [3.8, 4) is 0 Å². The molecule has 0 saturated heterocycles. The Kier molecular flexibility index (Phi) is 4.27. The van der Waals surface area contributed by atoms with E-state index < -0.39 is 0 Å². The summed E-state index contributed by atoms with van der Waals surface area (Å²) in [5.74, 6) is 1.32. The van der Waals surface area contributed by atoms with Crippen LogP contribution in [-0.2, 0) is 4.74 Å². The van der Waals surface area contributed by atoms with E-state index in [0.717, 1.165) is 0 Å². The molecule has 0 aliphatic carbocycles. The normalized spacial score (nSPS) is 16.2. The fourth-order valence-electron chi connectivity index (χ4n) is 1.54. The number of methoxy groups -OCH3 is 1. The minimum absolute atomic E-state index is 0.107. The number of hydrogen-bond donors (Lipinski definition) is 1. The van der Waals surface area contributed by atoms with E-state index in [-0.39, 0.29) is 23.5 Å². The second kappa shape index (κ2) is 5.14. The molecule has 1 unspecified atom stereocenters. The van der Waals surface area contributed by atoms with E-state index in [9.17, 15) is 0 Å². The van der Waals surface area contributed by atoms with Crippen molar-refractivity contribution >= 4 is 0 Å².